The molecule has 0 saturated heterocycles. The zero-order valence-corrected chi connectivity index (χ0v) is 23.8. The first-order valence-electron chi connectivity index (χ1n) is 12.8. The van der Waals surface area contributed by atoms with Crippen molar-refractivity contribution in [2.24, 2.45) is 0 Å². The predicted octanol–water partition coefficient (Wildman–Crippen LogP) is 4.70. The minimum atomic E-state index is -4.32. The van der Waals surface area contributed by atoms with Crippen molar-refractivity contribution in [2.75, 3.05) is 17.4 Å². The van der Waals surface area contributed by atoms with E-state index in [1.807, 2.05) is 58.0 Å². The van der Waals surface area contributed by atoms with Crippen LogP contribution in [-0.2, 0) is 26.0 Å². The Kier molecular flexibility index (Phi) is 9.50. The molecule has 3 aromatic carbocycles. The van der Waals surface area contributed by atoms with Gasteiger partial charge in [-0.15, -0.1) is 0 Å². The Morgan fingerprint density at radius 2 is 1.51 bits per heavy atom. The zero-order valence-electron chi connectivity index (χ0n) is 23.0. The third kappa shape index (κ3) is 7.89. The molecule has 1 atom stereocenters. The smallest absolute Gasteiger partial charge is 0.264 e. The molecule has 0 aliphatic heterocycles. The number of hydrogen-bond acceptors (Lipinski definition) is 4. The fourth-order valence-corrected chi connectivity index (χ4v) is 5.47. The average molecular weight is 554 g/mol. The number of halogens is 1. The van der Waals surface area contributed by atoms with Crippen molar-refractivity contribution in [1.82, 2.24) is 10.2 Å². The molecule has 3 aromatic rings. The van der Waals surface area contributed by atoms with Crippen LogP contribution < -0.4 is 9.62 Å². The van der Waals surface area contributed by atoms with Crippen LogP contribution in [0.5, 0.6) is 0 Å². The van der Waals surface area contributed by atoms with Gasteiger partial charge in [0.1, 0.15) is 18.4 Å². The molecule has 2 amide bonds. The number of sulfonamides is 1. The summed E-state index contributed by atoms with van der Waals surface area (Å²) in [6.07, 6.45) is 0.449. The van der Waals surface area contributed by atoms with Crippen molar-refractivity contribution in [2.45, 2.75) is 57.5 Å². The van der Waals surface area contributed by atoms with Gasteiger partial charge in [-0.25, -0.2) is 12.8 Å². The largest absolute Gasteiger partial charge is 0.350 e. The number of carbonyl (C=O) groups excluding carboxylic acids is 2. The fraction of sp³-hybridized carbons (Fsp3) is 0.333. The number of anilines is 1. The molecule has 0 unspecified atom stereocenters. The summed E-state index contributed by atoms with van der Waals surface area (Å²) in [6, 6.07) is 20.1. The molecule has 1 N–H and O–H groups in total. The lowest BCUT2D eigenvalue weighted by Crippen LogP contribution is -2.55. The summed E-state index contributed by atoms with van der Waals surface area (Å²) in [5.41, 5.74) is 1.03. The lowest BCUT2D eigenvalue weighted by molar-refractivity contribution is -0.139. The molecule has 0 saturated carbocycles. The van der Waals surface area contributed by atoms with Crippen LogP contribution in [0.1, 0.15) is 38.8 Å². The van der Waals surface area contributed by atoms with E-state index >= 15 is 0 Å². The summed E-state index contributed by atoms with van der Waals surface area (Å²) in [5, 5.41) is 2.88. The lowest BCUT2D eigenvalue weighted by Gasteiger charge is -2.33. The van der Waals surface area contributed by atoms with Crippen molar-refractivity contribution in [1.29, 1.82) is 0 Å². The van der Waals surface area contributed by atoms with Crippen LogP contribution in [0.2, 0.25) is 0 Å². The van der Waals surface area contributed by atoms with Gasteiger partial charge in [0.25, 0.3) is 10.0 Å². The highest BCUT2D eigenvalue weighted by Crippen LogP contribution is 2.27. The Balaban J connectivity index is 1.99. The van der Waals surface area contributed by atoms with Crippen molar-refractivity contribution in [3.63, 3.8) is 0 Å². The maximum Gasteiger partial charge on any atom is 0.264 e. The van der Waals surface area contributed by atoms with Crippen molar-refractivity contribution < 1.29 is 22.4 Å². The van der Waals surface area contributed by atoms with Gasteiger partial charge in [0.15, 0.2) is 0 Å². The van der Waals surface area contributed by atoms with E-state index in [2.05, 4.69) is 5.32 Å². The summed E-state index contributed by atoms with van der Waals surface area (Å²) in [5.74, 6) is -1.78. The van der Waals surface area contributed by atoms with Gasteiger partial charge >= 0.3 is 0 Å². The molecule has 0 fully saturated rings. The Morgan fingerprint density at radius 3 is 2.10 bits per heavy atom. The normalized spacial score (nSPS) is 12.5. The van der Waals surface area contributed by atoms with Gasteiger partial charge < -0.3 is 10.2 Å². The van der Waals surface area contributed by atoms with Gasteiger partial charge in [-0.05, 0) is 70.9 Å². The van der Waals surface area contributed by atoms with E-state index in [-0.39, 0.29) is 23.0 Å². The molecule has 3 rings (SSSR count). The van der Waals surface area contributed by atoms with Gasteiger partial charge in [-0.2, -0.15) is 0 Å². The van der Waals surface area contributed by atoms with Crippen molar-refractivity contribution in [3.05, 3.63) is 95.8 Å². The van der Waals surface area contributed by atoms with Crippen LogP contribution in [0.25, 0.3) is 0 Å². The highest BCUT2D eigenvalue weighted by molar-refractivity contribution is 7.92. The number of rotatable bonds is 10. The maximum atomic E-state index is 14.9. The summed E-state index contributed by atoms with van der Waals surface area (Å²) in [4.78, 5) is 28.2. The van der Waals surface area contributed by atoms with E-state index in [1.54, 1.807) is 19.1 Å². The minimum Gasteiger partial charge on any atom is -0.350 e. The lowest BCUT2D eigenvalue weighted by atomic mass is 10.1. The van der Waals surface area contributed by atoms with Gasteiger partial charge in [0, 0.05) is 12.1 Å². The van der Waals surface area contributed by atoms with Crippen LogP contribution in [0.4, 0.5) is 10.1 Å². The maximum absolute atomic E-state index is 14.9. The number of para-hydroxylation sites is 1. The number of carbonyl (C=O) groups is 2. The molecule has 0 aliphatic rings. The highest BCUT2D eigenvalue weighted by Gasteiger charge is 2.34. The topological polar surface area (TPSA) is 86.8 Å². The molecule has 0 bridgehead atoms. The van der Waals surface area contributed by atoms with Crippen LogP contribution in [0.15, 0.2) is 83.8 Å². The van der Waals surface area contributed by atoms with E-state index < -0.39 is 39.9 Å². The van der Waals surface area contributed by atoms with Crippen LogP contribution >= 0.6 is 0 Å². The Hall–Kier alpha value is -3.72. The minimum absolute atomic E-state index is 0.0708. The standard InChI is InChI=1S/C30H36FN3O4S/c1-22-15-17-25(18-16-22)39(37,38)34(27-14-10-9-13-26(27)31)21-28(35)33(20-19-24-11-7-6-8-12-24)23(2)29(36)32-30(3,4)5/h6-18,23H,19-21H2,1-5H3,(H,32,36)/t23-/m1/s1. The van der Waals surface area contributed by atoms with Gasteiger partial charge in [-0.1, -0.05) is 60.2 Å². The summed E-state index contributed by atoms with van der Waals surface area (Å²) >= 11 is 0. The second-order valence-corrected chi connectivity index (χ2v) is 12.4. The van der Waals surface area contributed by atoms with Gasteiger partial charge in [0.2, 0.25) is 11.8 Å². The van der Waals surface area contributed by atoms with Crippen molar-refractivity contribution in [3.8, 4) is 0 Å². The number of nitrogens with one attached hydrogen (secondary N) is 1. The van der Waals surface area contributed by atoms with Gasteiger partial charge in [-0.3, -0.25) is 13.9 Å². The SMILES string of the molecule is Cc1ccc(S(=O)(=O)N(CC(=O)N(CCc2ccccc2)[C@H](C)C(=O)NC(C)(C)C)c2ccccc2F)cc1. The van der Waals surface area contributed by atoms with E-state index in [4.69, 9.17) is 0 Å². The second kappa shape index (κ2) is 12.4. The molecule has 0 radical (unpaired) electrons. The predicted molar refractivity (Wildman–Crippen MR) is 151 cm³/mol. The molecule has 0 heterocycles. The monoisotopic (exact) mass is 553 g/mol. The third-order valence-electron chi connectivity index (χ3n) is 6.16. The first-order valence-corrected chi connectivity index (χ1v) is 14.2. The second-order valence-electron chi connectivity index (χ2n) is 10.5. The molecular formula is C30H36FN3O4S. The molecule has 0 aliphatic carbocycles. The van der Waals surface area contributed by atoms with E-state index in [0.29, 0.717) is 6.42 Å². The van der Waals surface area contributed by atoms with Crippen molar-refractivity contribution >= 4 is 27.5 Å². The quantitative estimate of drug-likeness (QED) is 0.394. The molecular weight excluding hydrogens is 517 g/mol. The zero-order chi connectivity index (χ0) is 28.8. The number of benzene rings is 3. The average Bonchev–Trinajstić information content (AvgIpc) is 2.87. The van der Waals surface area contributed by atoms with Crippen LogP contribution in [0.3, 0.4) is 0 Å². The third-order valence-corrected chi connectivity index (χ3v) is 7.93. The summed E-state index contributed by atoms with van der Waals surface area (Å²) in [6.45, 7) is 8.41. The summed E-state index contributed by atoms with van der Waals surface area (Å²) < 4.78 is 43.2. The highest BCUT2D eigenvalue weighted by atomic mass is 32.2. The summed E-state index contributed by atoms with van der Waals surface area (Å²) in [7, 11) is -4.32. The first-order chi connectivity index (χ1) is 18.3. The number of nitrogens with zero attached hydrogens (tertiary/aromatic N) is 2. The van der Waals surface area contributed by atoms with E-state index in [0.717, 1.165) is 21.5 Å². The number of aryl methyl sites for hydroxylation is 1. The Bertz CT molecular complexity index is 1390. The molecule has 9 heteroatoms. The van der Waals surface area contributed by atoms with E-state index in [1.165, 1.54) is 35.2 Å². The molecule has 0 spiro atoms. The Morgan fingerprint density at radius 1 is 0.923 bits per heavy atom. The fourth-order valence-electron chi connectivity index (χ4n) is 4.05. The number of amides is 2. The molecule has 7 nitrogen and oxygen atoms in total. The molecule has 39 heavy (non-hydrogen) atoms. The van der Waals surface area contributed by atoms with Crippen LogP contribution in [-0.4, -0.2) is 49.8 Å². The van der Waals surface area contributed by atoms with Gasteiger partial charge in [0.05, 0.1) is 10.6 Å². The van der Waals surface area contributed by atoms with Crippen LogP contribution in [0, 0.1) is 12.7 Å². The van der Waals surface area contributed by atoms with E-state index in [9.17, 15) is 22.4 Å². The molecule has 208 valence electrons. The Labute approximate surface area is 230 Å². The molecule has 0 aromatic heterocycles. The first kappa shape index (κ1) is 29.8. The number of hydrogen-bond donors (Lipinski definition) is 1.